The van der Waals surface area contributed by atoms with Crippen LogP contribution < -0.4 is 0 Å². The second kappa shape index (κ2) is 5.15. The molecule has 1 heterocycles. The van der Waals surface area contributed by atoms with Crippen LogP contribution in [0.1, 0.15) is 5.56 Å². The van der Waals surface area contributed by atoms with Gasteiger partial charge < -0.3 is 4.98 Å². The van der Waals surface area contributed by atoms with E-state index in [9.17, 15) is 0 Å². The van der Waals surface area contributed by atoms with Crippen LogP contribution in [0.25, 0.3) is 17.0 Å². The number of fused-ring (bicyclic) bond motifs is 1. The highest BCUT2D eigenvalue weighted by Crippen LogP contribution is 2.28. The number of hydrogen-bond donors (Lipinski definition) is 1. The van der Waals surface area contributed by atoms with E-state index >= 15 is 0 Å². The van der Waals surface area contributed by atoms with Crippen LogP contribution in [-0.4, -0.2) is 4.98 Å². The molecule has 0 aliphatic carbocycles. The monoisotopic (exact) mass is 251 g/mol. The van der Waals surface area contributed by atoms with Crippen LogP contribution in [-0.2, 0) is 0 Å². The first-order valence-electron chi connectivity index (χ1n) is 5.88. The van der Waals surface area contributed by atoms with Gasteiger partial charge in [0.25, 0.3) is 0 Å². The van der Waals surface area contributed by atoms with Crippen LogP contribution in [0.15, 0.2) is 71.1 Å². The summed E-state index contributed by atoms with van der Waals surface area (Å²) in [4.78, 5) is 4.54. The molecule has 0 amide bonds. The van der Waals surface area contributed by atoms with Crippen molar-refractivity contribution >= 4 is 28.7 Å². The molecule has 1 aromatic heterocycles. The zero-order valence-corrected chi connectivity index (χ0v) is 10.7. The highest BCUT2D eigenvalue weighted by molar-refractivity contribution is 8.02. The van der Waals surface area contributed by atoms with E-state index in [-0.39, 0.29) is 0 Å². The average Bonchev–Trinajstić information content (AvgIpc) is 2.84. The Morgan fingerprint density at radius 2 is 1.67 bits per heavy atom. The lowest BCUT2D eigenvalue weighted by atomic mass is 10.2. The fourth-order valence-corrected chi connectivity index (χ4v) is 2.70. The van der Waals surface area contributed by atoms with E-state index in [1.54, 1.807) is 11.8 Å². The van der Waals surface area contributed by atoms with Crippen LogP contribution in [0.4, 0.5) is 0 Å². The van der Waals surface area contributed by atoms with Crippen molar-refractivity contribution in [2.75, 3.05) is 0 Å². The van der Waals surface area contributed by atoms with Gasteiger partial charge in [0.15, 0.2) is 0 Å². The Bertz CT molecular complexity index is 668. The molecule has 3 aromatic rings. The lowest BCUT2D eigenvalue weighted by Gasteiger charge is -1.94. The van der Waals surface area contributed by atoms with Crippen molar-refractivity contribution in [3.63, 3.8) is 0 Å². The van der Waals surface area contributed by atoms with Crippen molar-refractivity contribution in [3.05, 3.63) is 71.8 Å². The molecule has 0 fully saturated rings. The quantitative estimate of drug-likeness (QED) is 0.652. The molecule has 0 bridgehead atoms. The number of rotatable bonds is 3. The van der Waals surface area contributed by atoms with Crippen LogP contribution >= 0.6 is 11.8 Å². The molecule has 18 heavy (non-hydrogen) atoms. The average molecular weight is 251 g/mol. The van der Waals surface area contributed by atoms with Crippen LogP contribution in [0, 0.1) is 0 Å². The minimum absolute atomic E-state index is 1.19. The van der Waals surface area contributed by atoms with Gasteiger partial charge >= 0.3 is 0 Å². The normalized spacial score (nSPS) is 11.3. The standard InChI is InChI=1S/C16H13NS/c1-2-6-13(7-3-1)10-11-18-16-12-17-15-9-5-4-8-14(15)16/h1-12,17H. The summed E-state index contributed by atoms with van der Waals surface area (Å²) in [6.45, 7) is 0. The first kappa shape index (κ1) is 11.2. The molecule has 2 heteroatoms. The molecule has 1 nitrogen and oxygen atoms in total. The topological polar surface area (TPSA) is 15.8 Å². The Morgan fingerprint density at radius 3 is 2.56 bits per heavy atom. The van der Waals surface area contributed by atoms with Crippen molar-refractivity contribution in [3.8, 4) is 0 Å². The summed E-state index contributed by atoms with van der Waals surface area (Å²) in [7, 11) is 0. The summed E-state index contributed by atoms with van der Waals surface area (Å²) in [5.41, 5.74) is 2.41. The Labute approximate surface area is 111 Å². The lowest BCUT2D eigenvalue weighted by Crippen LogP contribution is -1.67. The molecule has 3 rings (SSSR count). The summed E-state index contributed by atoms with van der Waals surface area (Å²) in [5.74, 6) is 0. The van der Waals surface area contributed by atoms with Gasteiger partial charge in [0, 0.05) is 22.0 Å². The van der Waals surface area contributed by atoms with E-state index in [2.05, 4.69) is 65.1 Å². The summed E-state index contributed by atoms with van der Waals surface area (Å²) in [6, 6.07) is 18.7. The Kier molecular flexibility index (Phi) is 3.20. The third-order valence-corrected chi connectivity index (χ3v) is 3.67. The molecular formula is C16H13NS. The molecule has 0 aliphatic heterocycles. The highest BCUT2D eigenvalue weighted by Gasteiger charge is 2.00. The minimum Gasteiger partial charge on any atom is -0.360 e. The van der Waals surface area contributed by atoms with Gasteiger partial charge in [-0.05, 0) is 23.1 Å². The number of benzene rings is 2. The van der Waals surface area contributed by atoms with E-state index in [0.29, 0.717) is 0 Å². The van der Waals surface area contributed by atoms with Crippen molar-refractivity contribution in [2.24, 2.45) is 0 Å². The van der Waals surface area contributed by atoms with Crippen LogP contribution in [0.3, 0.4) is 0 Å². The van der Waals surface area contributed by atoms with Gasteiger partial charge in [0.05, 0.1) is 0 Å². The molecule has 0 saturated carbocycles. The molecular weight excluding hydrogens is 238 g/mol. The number of nitrogens with one attached hydrogen (secondary N) is 1. The number of H-pyrrole nitrogens is 1. The number of thioether (sulfide) groups is 1. The Hall–Kier alpha value is -1.93. The van der Waals surface area contributed by atoms with Gasteiger partial charge in [-0.1, -0.05) is 60.3 Å². The third kappa shape index (κ3) is 2.34. The van der Waals surface area contributed by atoms with Crippen LogP contribution in [0.2, 0.25) is 0 Å². The maximum absolute atomic E-state index is 3.28. The summed E-state index contributed by atoms with van der Waals surface area (Å²) >= 11 is 1.74. The maximum atomic E-state index is 3.28. The molecule has 0 aliphatic rings. The molecule has 2 aromatic carbocycles. The predicted octanol–water partition coefficient (Wildman–Crippen LogP) is 4.93. The lowest BCUT2D eigenvalue weighted by molar-refractivity contribution is 1.42. The number of aromatic amines is 1. The first-order valence-corrected chi connectivity index (χ1v) is 6.76. The van der Waals surface area contributed by atoms with E-state index in [0.717, 1.165) is 0 Å². The highest BCUT2D eigenvalue weighted by atomic mass is 32.2. The number of hydrogen-bond acceptors (Lipinski definition) is 1. The first-order chi connectivity index (χ1) is 8.93. The SMILES string of the molecule is C(=Cc1ccccc1)Sc1c[nH]c2ccccc12. The Balaban J connectivity index is 1.79. The van der Waals surface area contributed by atoms with E-state index in [1.165, 1.54) is 21.4 Å². The molecule has 1 N–H and O–H groups in total. The van der Waals surface area contributed by atoms with E-state index in [4.69, 9.17) is 0 Å². The summed E-state index contributed by atoms with van der Waals surface area (Å²) in [5, 5.41) is 3.41. The second-order valence-electron chi connectivity index (χ2n) is 4.03. The maximum Gasteiger partial charge on any atom is 0.0465 e. The summed E-state index contributed by atoms with van der Waals surface area (Å²) < 4.78 is 0. The van der Waals surface area contributed by atoms with Gasteiger partial charge in [-0.2, -0.15) is 0 Å². The molecule has 0 spiro atoms. The molecule has 0 atom stereocenters. The predicted molar refractivity (Wildman–Crippen MR) is 79.6 cm³/mol. The van der Waals surface area contributed by atoms with Gasteiger partial charge in [-0.15, -0.1) is 0 Å². The van der Waals surface area contributed by atoms with Gasteiger partial charge in [0.1, 0.15) is 0 Å². The van der Waals surface area contributed by atoms with Crippen molar-refractivity contribution in [1.29, 1.82) is 0 Å². The minimum atomic E-state index is 1.19. The molecule has 88 valence electrons. The van der Waals surface area contributed by atoms with Gasteiger partial charge in [0.2, 0.25) is 0 Å². The number of para-hydroxylation sites is 1. The Morgan fingerprint density at radius 1 is 0.889 bits per heavy atom. The molecule has 0 unspecified atom stereocenters. The van der Waals surface area contributed by atoms with Gasteiger partial charge in [-0.3, -0.25) is 0 Å². The zero-order valence-electron chi connectivity index (χ0n) is 9.84. The van der Waals surface area contributed by atoms with Crippen LogP contribution in [0.5, 0.6) is 0 Å². The van der Waals surface area contributed by atoms with E-state index < -0.39 is 0 Å². The number of aromatic nitrogens is 1. The van der Waals surface area contributed by atoms with E-state index in [1.807, 2.05) is 12.1 Å². The van der Waals surface area contributed by atoms with Crippen molar-refractivity contribution < 1.29 is 0 Å². The second-order valence-corrected chi connectivity index (χ2v) is 4.98. The largest absolute Gasteiger partial charge is 0.360 e. The molecule has 0 radical (unpaired) electrons. The fourth-order valence-electron chi connectivity index (χ4n) is 1.89. The van der Waals surface area contributed by atoms with Gasteiger partial charge in [-0.25, -0.2) is 0 Å². The zero-order chi connectivity index (χ0) is 12.2. The fraction of sp³-hybridized carbons (Fsp3) is 0. The summed E-state index contributed by atoms with van der Waals surface area (Å²) in [6.07, 6.45) is 4.19. The van der Waals surface area contributed by atoms with Crippen molar-refractivity contribution in [1.82, 2.24) is 4.98 Å². The van der Waals surface area contributed by atoms with Crippen molar-refractivity contribution in [2.45, 2.75) is 4.90 Å². The smallest absolute Gasteiger partial charge is 0.0465 e. The molecule has 0 saturated heterocycles. The third-order valence-electron chi connectivity index (χ3n) is 2.81.